The van der Waals surface area contributed by atoms with Gasteiger partial charge in [-0.25, -0.2) is 0 Å². The van der Waals surface area contributed by atoms with Gasteiger partial charge in [0.25, 0.3) is 0 Å². The highest BCUT2D eigenvalue weighted by atomic mass is 16.2. The van der Waals surface area contributed by atoms with Gasteiger partial charge in [0, 0.05) is 19.0 Å². The molecule has 12 heavy (non-hydrogen) atoms. The molecule has 1 aliphatic carbocycles. The van der Waals surface area contributed by atoms with Crippen LogP contribution in [0.2, 0.25) is 0 Å². The molecule has 0 spiro atoms. The van der Waals surface area contributed by atoms with Crippen LogP contribution in [0.5, 0.6) is 0 Å². The van der Waals surface area contributed by atoms with Crippen LogP contribution in [0.15, 0.2) is 0 Å². The molecule has 0 atom stereocenters. The van der Waals surface area contributed by atoms with Gasteiger partial charge in [-0.2, -0.15) is 0 Å². The molecular weight excluding hydrogens is 152 g/mol. The Kier molecular flexibility index (Phi) is 3.62. The Balaban J connectivity index is 1.91. The monoisotopic (exact) mass is 166 g/mol. The molecule has 1 rings (SSSR count). The van der Waals surface area contributed by atoms with Crippen molar-refractivity contribution < 1.29 is 4.79 Å². The molecule has 0 bridgehead atoms. The first-order valence-electron chi connectivity index (χ1n) is 4.26. The summed E-state index contributed by atoms with van der Waals surface area (Å²) in [5, 5.41) is 5.84. The quantitative estimate of drug-likeness (QED) is 0.441. The van der Waals surface area contributed by atoms with E-state index in [1.54, 1.807) is 0 Å². The maximum Gasteiger partial charge on any atom is 0.234 e. The standard InChI is InChI=1S/C9H14N2O/c1-2-3-6-10-7-9(12)11-8-4-5-8/h1,8,10H,3-7H2,(H,11,12). The van der Waals surface area contributed by atoms with Gasteiger partial charge in [0.15, 0.2) is 0 Å². The highest BCUT2D eigenvalue weighted by molar-refractivity contribution is 5.78. The summed E-state index contributed by atoms with van der Waals surface area (Å²) in [7, 11) is 0. The van der Waals surface area contributed by atoms with Gasteiger partial charge in [0.05, 0.1) is 6.54 Å². The third-order valence-corrected chi connectivity index (χ3v) is 1.67. The van der Waals surface area contributed by atoms with Crippen molar-refractivity contribution in [1.82, 2.24) is 10.6 Å². The lowest BCUT2D eigenvalue weighted by Gasteiger charge is -2.02. The van der Waals surface area contributed by atoms with Crippen molar-refractivity contribution in [2.24, 2.45) is 0 Å². The average Bonchev–Trinajstić information content (AvgIpc) is 2.82. The fraction of sp³-hybridized carbons (Fsp3) is 0.667. The smallest absolute Gasteiger partial charge is 0.234 e. The van der Waals surface area contributed by atoms with Gasteiger partial charge in [-0.15, -0.1) is 12.3 Å². The van der Waals surface area contributed by atoms with E-state index in [4.69, 9.17) is 6.42 Å². The number of amides is 1. The Hall–Kier alpha value is -1.01. The molecule has 66 valence electrons. The molecule has 0 aromatic carbocycles. The number of nitrogens with one attached hydrogen (secondary N) is 2. The van der Waals surface area contributed by atoms with Gasteiger partial charge in [-0.3, -0.25) is 4.79 Å². The highest BCUT2D eigenvalue weighted by Crippen LogP contribution is 2.17. The van der Waals surface area contributed by atoms with Crippen LogP contribution in [0.25, 0.3) is 0 Å². The van der Waals surface area contributed by atoms with Gasteiger partial charge in [-0.05, 0) is 12.8 Å². The summed E-state index contributed by atoms with van der Waals surface area (Å²) in [4.78, 5) is 11.0. The van der Waals surface area contributed by atoms with Crippen LogP contribution in [0.4, 0.5) is 0 Å². The normalized spacial score (nSPS) is 15.2. The minimum Gasteiger partial charge on any atom is -0.352 e. The molecule has 0 aromatic rings. The number of terminal acetylenes is 1. The summed E-state index contributed by atoms with van der Waals surface area (Å²) >= 11 is 0. The van der Waals surface area contributed by atoms with Crippen LogP contribution in [-0.2, 0) is 4.79 Å². The lowest BCUT2D eigenvalue weighted by atomic mass is 10.4. The van der Waals surface area contributed by atoms with Crippen molar-refractivity contribution in [1.29, 1.82) is 0 Å². The Morgan fingerprint density at radius 1 is 1.58 bits per heavy atom. The van der Waals surface area contributed by atoms with Crippen LogP contribution in [0, 0.1) is 12.3 Å². The van der Waals surface area contributed by atoms with E-state index in [1.807, 2.05) is 0 Å². The van der Waals surface area contributed by atoms with E-state index in [0.717, 1.165) is 12.8 Å². The summed E-state index contributed by atoms with van der Waals surface area (Å²) in [6, 6.07) is 0.451. The van der Waals surface area contributed by atoms with E-state index in [-0.39, 0.29) is 5.91 Å². The number of rotatable bonds is 5. The fourth-order valence-corrected chi connectivity index (χ4v) is 0.869. The van der Waals surface area contributed by atoms with Gasteiger partial charge >= 0.3 is 0 Å². The molecule has 1 aliphatic rings. The Morgan fingerprint density at radius 3 is 2.92 bits per heavy atom. The zero-order chi connectivity index (χ0) is 8.81. The van der Waals surface area contributed by atoms with Gasteiger partial charge < -0.3 is 10.6 Å². The summed E-state index contributed by atoms with van der Waals surface area (Å²) < 4.78 is 0. The third kappa shape index (κ3) is 3.99. The summed E-state index contributed by atoms with van der Waals surface area (Å²) in [6.45, 7) is 1.10. The first kappa shape index (κ1) is 9.08. The minimum atomic E-state index is 0.0783. The predicted octanol–water partition coefficient (Wildman–Crippen LogP) is -0.122. The van der Waals surface area contributed by atoms with Crippen molar-refractivity contribution in [3.8, 4) is 12.3 Å². The van der Waals surface area contributed by atoms with Crippen LogP contribution >= 0.6 is 0 Å². The van der Waals surface area contributed by atoms with E-state index in [0.29, 0.717) is 25.6 Å². The van der Waals surface area contributed by atoms with Gasteiger partial charge in [0.1, 0.15) is 0 Å². The number of hydrogen-bond donors (Lipinski definition) is 2. The molecule has 0 radical (unpaired) electrons. The average molecular weight is 166 g/mol. The Bertz CT molecular complexity index is 191. The van der Waals surface area contributed by atoms with Gasteiger partial charge in [-0.1, -0.05) is 0 Å². The highest BCUT2D eigenvalue weighted by Gasteiger charge is 2.22. The molecule has 2 N–H and O–H groups in total. The zero-order valence-corrected chi connectivity index (χ0v) is 7.10. The minimum absolute atomic E-state index is 0.0783. The second-order valence-electron chi connectivity index (χ2n) is 2.97. The maximum absolute atomic E-state index is 11.0. The molecule has 3 heteroatoms. The first-order chi connectivity index (χ1) is 5.83. The molecule has 0 aliphatic heterocycles. The van der Waals surface area contributed by atoms with Crippen molar-refractivity contribution in [3.05, 3.63) is 0 Å². The van der Waals surface area contributed by atoms with E-state index in [2.05, 4.69) is 16.6 Å². The van der Waals surface area contributed by atoms with E-state index < -0.39 is 0 Å². The second-order valence-corrected chi connectivity index (χ2v) is 2.97. The summed E-state index contributed by atoms with van der Waals surface area (Å²) in [5.74, 6) is 2.58. The van der Waals surface area contributed by atoms with Crippen LogP contribution in [0.3, 0.4) is 0 Å². The molecular formula is C9H14N2O. The molecule has 3 nitrogen and oxygen atoms in total. The lowest BCUT2D eigenvalue weighted by Crippen LogP contribution is -2.35. The lowest BCUT2D eigenvalue weighted by molar-refractivity contribution is -0.120. The van der Waals surface area contributed by atoms with Crippen LogP contribution in [-0.4, -0.2) is 25.0 Å². The van der Waals surface area contributed by atoms with Crippen molar-refractivity contribution in [2.75, 3.05) is 13.1 Å². The van der Waals surface area contributed by atoms with Crippen molar-refractivity contribution in [3.63, 3.8) is 0 Å². The van der Waals surface area contributed by atoms with Crippen molar-refractivity contribution in [2.45, 2.75) is 25.3 Å². The molecule has 0 saturated heterocycles. The van der Waals surface area contributed by atoms with Crippen LogP contribution < -0.4 is 10.6 Å². The first-order valence-corrected chi connectivity index (χ1v) is 4.26. The van der Waals surface area contributed by atoms with E-state index in [1.165, 1.54) is 0 Å². The van der Waals surface area contributed by atoms with E-state index >= 15 is 0 Å². The second kappa shape index (κ2) is 4.78. The number of hydrogen-bond acceptors (Lipinski definition) is 2. The third-order valence-electron chi connectivity index (χ3n) is 1.67. The van der Waals surface area contributed by atoms with Crippen LogP contribution in [0.1, 0.15) is 19.3 Å². The fourth-order valence-electron chi connectivity index (χ4n) is 0.869. The largest absolute Gasteiger partial charge is 0.352 e. The SMILES string of the molecule is C#CCCNCC(=O)NC1CC1. The number of carbonyl (C=O) groups excluding carboxylic acids is 1. The maximum atomic E-state index is 11.0. The molecule has 1 fully saturated rings. The Labute approximate surface area is 72.9 Å². The molecule has 1 amide bonds. The molecule has 0 heterocycles. The predicted molar refractivity (Wildman–Crippen MR) is 47.5 cm³/mol. The van der Waals surface area contributed by atoms with Gasteiger partial charge in [0.2, 0.25) is 5.91 Å². The summed E-state index contributed by atoms with van der Waals surface area (Å²) in [5.41, 5.74) is 0. The van der Waals surface area contributed by atoms with Crippen molar-refractivity contribution >= 4 is 5.91 Å². The van der Waals surface area contributed by atoms with E-state index in [9.17, 15) is 4.79 Å². The number of carbonyl (C=O) groups is 1. The topological polar surface area (TPSA) is 41.1 Å². The molecule has 1 saturated carbocycles. The summed E-state index contributed by atoms with van der Waals surface area (Å²) in [6.07, 6.45) is 7.99. The molecule has 0 unspecified atom stereocenters. The molecule has 0 aromatic heterocycles. The Morgan fingerprint density at radius 2 is 2.33 bits per heavy atom. The zero-order valence-electron chi connectivity index (χ0n) is 7.10.